The molecule has 0 spiro atoms. The lowest BCUT2D eigenvalue weighted by atomic mass is 9.79. The van der Waals surface area contributed by atoms with Crippen LogP contribution in [0, 0.1) is 0 Å². The number of pyridine rings is 4. The monoisotopic (exact) mass is 721 g/mol. The Kier molecular flexibility index (Phi) is 6.81. The average Bonchev–Trinajstić information content (AvgIpc) is 3.61. The number of aromatic nitrogens is 7. The summed E-state index contributed by atoms with van der Waals surface area (Å²) in [6.45, 7) is 9.14. The van der Waals surface area contributed by atoms with Gasteiger partial charge in [0.25, 0.3) is 0 Å². The number of hydrogen-bond donors (Lipinski definition) is 0. The van der Waals surface area contributed by atoms with E-state index in [-0.39, 0.29) is 10.8 Å². The first-order valence-corrected chi connectivity index (χ1v) is 19.0. The van der Waals surface area contributed by atoms with Crippen LogP contribution in [0.5, 0.6) is 0 Å². The fourth-order valence-corrected chi connectivity index (χ4v) is 8.95. The lowest BCUT2D eigenvalue weighted by Crippen LogP contribution is -2.17. The first-order valence-electron chi connectivity index (χ1n) is 19.0. The molecule has 2 aliphatic carbocycles. The maximum Gasteiger partial charge on any atom is 0.182 e. The van der Waals surface area contributed by atoms with Gasteiger partial charge < -0.3 is 0 Å². The number of hydrogen-bond acceptors (Lipinski definition) is 7. The van der Waals surface area contributed by atoms with Crippen LogP contribution in [0.1, 0.15) is 49.9 Å². The van der Waals surface area contributed by atoms with Crippen molar-refractivity contribution >= 4 is 21.7 Å². The van der Waals surface area contributed by atoms with Gasteiger partial charge in [0.15, 0.2) is 17.5 Å². The van der Waals surface area contributed by atoms with Crippen molar-refractivity contribution in [2.24, 2.45) is 0 Å². The van der Waals surface area contributed by atoms with Crippen LogP contribution in [0.25, 0.3) is 89.6 Å². The highest BCUT2D eigenvalue weighted by molar-refractivity contribution is 5.97. The Morgan fingerprint density at radius 2 is 1.11 bits per heavy atom. The van der Waals surface area contributed by atoms with E-state index in [1.807, 2.05) is 61.2 Å². The van der Waals surface area contributed by atoms with E-state index in [1.165, 1.54) is 38.6 Å². The van der Waals surface area contributed by atoms with E-state index in [0.717, 1.165) is 50.1 Å². The molecule has 0 unspecified atom stereocenters. The van der Waals surface area contributed by atoms with Gasteiger partial charge in [0.1, 0.15) is 5.69 Å². The molecule has 56 heavy (non-hydrogen) atoms. The summed E-state index contributed by atoms with van der Waals surface area (Å²) in [5, 5.41) is 3.32. The fourth-order valence-electron chi connectivity index (χ4n) is 8.95. The van der Waals surface area contributed by atoms with Crippen LogP contribution in [0.15, 0.2) is 140 Å². The van der Waals surface area contributed by atoms with Gasteiger partial charge >= 0.3 is 0 Å². The van der Waals surface area contributed by atoms with E-state index < -0.39 is 0 Å². The standard InChI is InChI=1S/C49H35N7/c1-48(2)37-16-10-20-52-43(37)35-25-39-36(26-38(35)48)44-40(49(39,3)4)23-30(27-53-44)45-54-46(34-19-22-50-41-17-8-7-14-33(34)41)56-47(55-45)42-24-29(18-21-51-42)32-15-9-12-28-11-5-6-13-31(28)32/h5-27H,1-4H3. The molecule has 0 radical (unpaired) electrons. The quantitative estimate of drug-likeness (QED) is 0.179. The molecule has 11 rings (SSSR count). The van der Waals surface area contributed by atoms with Crippen molar-refractivity contribution in [3.63, 3.8) is 0 Å². The predicted octanol–water partition coefficient (Wildman–Crippen LogP) is 11.0. The normalized spacial score (nSPS) is 14.4. The van der Waals surface area contributed by atoms with E-state index in [9.17, 15) is 0 Å². The number of fused-ring (bicyclic) bond motifs is 8. The molecule has 0 aliphatic heterocycles. The van der Waals surface area contributed by atoms with Crippen LogP contribution in [-0.2, 0) is 10.8 Å². The molecule has 9 aromatic rings. The van der Waals surface area contributed by atoms with Crippen molar-refractivity contribution < 1.29 is 0 Å². The Labute approximate surface area is 324 Å². The zero-order chi connectivity index (χ0) is 37.8. The maximum atomic E-state index is 5.19. The van der Waals surface area contributed by atoms with Gasteiger partial charge in [-0.05, 0) is 92.7 Å². The minimum absolute atomic E-state index is 0.158. The van der Waals surface area contributed by atoms with Gasteiger partial charge in [0, 0.05) is 63.3 Å². The maximum absolute atomic E-state index is 5.19. The van der Waals surface area contributed by atoms with Crippen molar-refractivity contribution in [2.75, 3.05) is 0 Å². The van der Waals surface area contributed by atoms with E-state index in [2.05, 4.69) is 112 Å². The summed E-state index contributed by atoms with van der Waals surface area (Å²) in [6, 6.07) is 40.2. The molecule has 0 saturated carbocycles. The summed E-state index contributed by atoms with van der Waals surface area (Å²) in [5.41, 5.74) is 14.3. The molecule has 266 valence electrons. The minimum Gasteiger partial charge on any atom is -0.256 e. The second kappa shape index (κ2) is 11.8. The summed E-state index contributed by atoms with van der Waals surface area (Å²) < 4.78 is 0. The molecular formula is C49H35N7. The summed E-state index contributed by atoms with van der Waals surface area (Å²) in [6.07, 6.45) is 7.45. The molecule has 0 saturated heterocycles. The third-order valence-electron chi connectivity index (χ3n) is 11.9. The largest absolute Gasteiger partial charge is 0.256 e. The average molecular weight is 722 g/mol. The molecule has 0 atom stereocenters. The van der Waals surface area contributed by atoms with Gasteiger partial charge in [-0.2, -0.15) is 0 Å². The van der Waals surface area contributed by atoms with E-state index in [4.69, 9.17) is 29.9 Å². The highest BCUT2D eigenvalue weighted by Gasteiger charge is 2.43. The van der Waals surface area contributed by atoms with Crippen molar-refractivity contribution in [1.29, 1.82) is 0 Å². The Morgan fingerprint density at radius 3 is 1.96 bits per heavy atom. The van der Waals surface area contributed by atoms with Crippen molar-refractivity contribution in [1.82, 2.24) is 34.9 Å². The molecule has 4 aromatic carbocycles. The van der Waals surface area contributed by atoms with Gasteiger partial charge in [-0.1, -0.05) is 94.4 Å². The molecule has 0 amide bonds. The van der Waals surface area contributed by atoms with Crippen LogP contribution in [0.4, 0.5) is 0 Å². The number of para-hydroxylation sites is 1. The van der Waals surface area contributed by atoms with E-state index in [1.54, 1.807) is 0 Å². The molecule has 7 heteroatoms. The first kappa shape index (κ1) is 32.4. The SMILES string of the molecule is CC1(C)c2cc3c(cc2-c2ncccc21)C(C)(C)c1cc(-c2nc(-c4cc(-c5cccc6ccccc56)ccn4)nc(-c4ccnc5ccccc45)n2)cnc1-3. The summed E-state index contributed by atoms with van der Waals surface area (Å²) in [7, 11) is 0. The first-order chi connectivity index (χ1) is 27.3. The van der Waals surface area contributed by atoms with Gasteiger partial charge in [-0.25, -0.2) is 15.0 Å². The van der Waals surface area contributed by atoms with Crippen LogP contribution >= 0.6 is 0 Å². The third kappa shape index (κ3) is 4.73. The predicted molar refractivity (Wildman–Crippen MR) is 223 cm³/mol. The van der Waals surface area contributed by atoms with E-state index >= 15 is 0 Å². The van der Waals surface area contributed by atoms with Gasteiger partial charge in [0.05, 0.1) is 16.9 Å². The van der Waals surface area contributed by atoms with Crippen LogP contribution in [0.2, 0.25) is 0 Å². The fraction of sp³-hybridized carbons (Fsp3) is 0.122. The van der Waals surface area contributed by atoms with Crippen molar-refractivity contribution in [3.05, 3.63) is 162 Å². The van der Waals surface area contributed by atoms with Crippen LogP contribution in [0.3, 0.4) is 0 Å². The second-order valence-corrected chi connectivity index (χ2v) is 15.9. The minimum atomic E-state index is -0.321. The topological polar surface area (TPSA) is 90.2 Å². The second-order valence-electron chi connectivity index (χ2n) is 15.9. The summed E-state index contributed by atoms with van der Waals surface area (Å²) >= 11 is 0. The Morgan fingerprint density at radius 1 is 0.411 bits per heavy atom. The van der Waals surface area contributed by atoms with Gasteiger partial charge in [-0.3, -0.25) is 19.9 Å². The molecule has 0 fully saturated rings. The molecule has 7 nitrogen and oxygen atoms in total. The Hall–Kier alpha value is -6.99. The van der Waals surface area contributed by atoms with Crippen LogP contribution in [-0.4, -0.2) is 34.9 Å². The molecule has 0 N–H and O–H groups in total. The van der Waals surface area contributed by atoms with Gasteiger partial charge in [-0.15, -0.1) is 0 Å². The van der Waals surface area contributed by atoms with Gasteiger partial charge in [0.2, 0.25) is 0 Å². The smallest absolute Gasteiger partial charge is 0.182 e. The number of benzene rings is 4. The van der Waals surface area contributed by atoms with Crippen molar-refractivity contribution in [2.45, 2.75) is 38.5 Å². The summed E-state index contributed by atoms with van der Waals surface area (Å²) in [5.74, 6) is 1.57. The zero-order valence-corrected chi connectivity index (χ0v) is 31.4. The highest BCUT2D eigenvalue weighted by Crippen LogP contribution is 2.55. The summed E-state index contributed by atoms with van der Waals surface area (Å²) in [4.78, 5) is 34.9. The zero-order valence-electron chi connectivity index (χ0n) is 31.4. The molecule has 2 aliphatic rings. The molecule has 0 bridgehead atoms. The lowest BCUT2D eigenvalue weighted by molar-refractivity contribution is 0.651. The highest BCUT2D eigenvalue weighted by atomic mass is 15.0. The number of rotatable bonds is 4. The van der Waals surface area contributed by atoms with Crippen molar-refractivity contribution in [3.8, 4) is 67.9 Å². The molecule has 5 heterocycles. The lowest BCUT2D eigenvalue weighted by Gasteiger charge is -2.24. The third-order valence-corrected chi connectivity index (χ3v) is 11.9. The Bertz CT molecular complexity index is 3100. The molecule has 5 aromatic heterocycles. The number of nitrogens with zero attached hydrogens (tertiary/aromatic N) is 7. The van der Waals surface area contributed by atoms with E-state index in [0.29, 0.717) is 23.2 Å². The van der Waals surface area contributed by atoms with Crippen LogP contribution < -0.4 is 0 Å². The Balaban J connectivity index is 1.08. The molecular weight excluding hydrogens is 687 g/mol.